The van der Waals surface area contributed by atoms with Gasteiger partial charge in [0.2, 0.25) is 0 Å². The number of urea groups is 1. The number of hydrogen-bond donors (Lipinski definition) is 3. The van der Waals surface area contributed by atoms with Crippen LogP contribution in [0.3, 0.4) is 0 Å². The molecule has 158 valence electrons. The van der Waals surface area contributed by atoms with Gasteiger partial charge in [-0.05, 0) is 29.3 Å². The first-order valence-electron chi connectivity index (χ1n) is 9.26. The van der Waals surface area contributed by atoms with E-state index in [0.29, 0.717) is 16.8 Å². The predicted molar refractivity (Wildman–Crippen MR) is 111 cm³/mol. The summed E-state index contributed by atoms with van der Waals surface area (Å²) in [6.07, 6.45) is 1.47. The van der Waals surface area contributed by atoms with E-state index in [0.717, 1.165) is 6.07 Å². The van der Waals surface area contributed by atoms with Crippen LogP contribution < -0.4 is 16.0 Å². The molecule has 10 heteroatoms. The molecule has 0 radical (unpaired) electrons. The van der Waals surface area contributed by atoms with Crippen LogP contribution in [0.1, 0.15) is 16.1 Å². The van der Waals surface area contributed by atoms with Gasteiger partial charge >= 0.3 is 6.03 Å². The summed E-state index contributed by atoms with van der Waals surface area (Å²) in [5.74, 6) is -1.84. The third-order valence-corrected chi connectivity index (χ3v) is 5.38. The molecule has 1 aliphatic heterocycles. The van der Waals surface area contributed by atoms with Crippen molar-refractivity contribution in [1.29, 1.82) is 0 Å². The highest BCUT2D eigenvalue weighted by Crippen LogP contribution is 2.31. The highest BCUT2D eigenvalue weighted by atomic mass is 35.5. The van der Waals surface area contributed by atoms with E-state index in [9.17, 15) is 18.8 Å². The van der Waals surface area contributed by atoms with Gasteiger partial charge < -0.3 is 10.6 Å². The van der Waals surface area contributed by atoms with E-state index in [-0.39, 0.29) is 17.1 Å². The maximum absolute atomic E-state index is 14.0. The monoisotopic (exact) mass is 441 g/mol. The maximum atomic E-state index is 14.0. The molecule has 1 aliphatic rings. The van der Waals surface area contributed by atoms with Crippen molar-refractivity contribution in [3.8, 4) is 11.1 Å². The van der Waals surface area contributed by atoms with E-state index < -0.39 is 29.2 Å². The summed E-state index contributed by atoms with van der Waals surface area (Å²) in [7, 11) is 1.61. The molecular weight excluding hydrogens is 425 g/mol. The van der Waals surface area contributed by atoms with E-state index in [4.69, 9.17) is 11.6 Å². The molecule has 0 spiro atoms. The largest absolute Gasteiger partial charge is 0.349 e. The lowest BCUT2D eigenvalue weighted by Crippen LogP contribution is -2.53. The van der Waals surface area contributed by atoms with Crippen molar-refractivity contribution in [2.75, 3.05) is 6.54 Å². The van der Waals surface area contributed by atoms with Gasteiger partial charge in [0.25, 0.3) is 11.8 Å². The molecule has 1 atom stereocenters. The molecule has 4 rings (SSSR count). The normalized spacial score (nSPS) is 17.9. The molecule has 1 unspecified atom stereocenters. The summed E-state index contributed by atoms with van der Waals surface area (Å²) in [6, 6.07) is 11.9. The topological polar surface area (TPSA) is 105 Å². The predicted octanol–water partition coefficient (Wildman–Crippen LogP) is 2.34. The molecule has 1 aromatic heterocycles. The Labute approximate surface area is 181 Å². The van der Waals surface area contributed by atoms with Crippen LogP contribution in [0.5, 0.6) is 0 Å². The third kappa shape index (κ3) is 3.64. The molecule has 3 N–H and O–H groups in total. The summed E-state index contributed by atoms with van der Waals surface area (Å²) >= 11 is 6.22. The van der Waals surface area contributed by atoms with Gasteiger partial charge in [0.05, 0.1) is 22.8 Å². The number of nitrogens with one attached hydrogen (secondary N) is 3. The molecule has 2 heterocycles. The second-order valence-electron chi connectivity index (χ2n) is 7.01. The molecule has 1 saturated heterocycles. The molecule has 3 aromatic rings. The fourth-order valence-corrected chi connectivity index (χ4v) is 3.92. The molecule has 1 fully saturated rings. The number of benzene rings is 2. The van der Waals surface area contributed by atoms with Crippen LogP contribution in [0.4, 0.5) is 9.18 Å². The zero-order valence-electron chi connectivity index (χ0n) is 16.3. The van der Waals surface area contributed by atoms with Crippen LogP contribution in [0.25, 0.3) is 11.1 Å². The molecule has 0 bridgehead atoms. The average molecular weight is 442 g/mol. The van der Waals surface area contributed by atoms with Crippen LogP contribution in [0, 0.1) is 5.82 Å². The standard InChI is InChI=1S/C21H17ClFN5O3/c1-28-16(7-8-25-28)21(19(30)26-20(31)27-21)11-24-18(29)17-14(9-13(23)10-15(17)22)12-5-3-2-4-6-12/h2-10H,11H2,1H3,(H,24,29)(H2,26,27,30,31). The number of carbonyl (C=O) groups excluding carboxylic acids is 3. The number of imide groups is 1. The van der Waals surface area contributed by atoms with E-state index in [1.807, 2.05) is 0 Å². The lowest BCUT2D eigenvalue weighted by atomic mass is 9.94. The molecule has 4 amide bonds. The van der Waals surface area contributed by atoms with Crippen molar-refractivity contribution < 1.29 is 18.8 Å². The minimum Gasteiger partial charge on any atom is -0.349 e. The zero-order chi connectivity index (χ0) is 22.2. The first-order chi connectivity index (χ1) is 14.8. The average Bonchev–Trinajstić information content (AvgIpc) is 3.29. The quantitative estimate of drug-likeness (QED) is 0.528. The van der Waals surface area contributed by atoms with Crippen molar-refractivity contribution in [2.24, 2.45) is 7.05 Å². The Morgan fingerprint density at radius 2 is 1.97 bits per heavy atom. The number of nitrogens with zero attached hydrogens (tertiary/aromatic N) is 2. The lowest BCUT2D eigenvalue weighted by Gasteiger charge is -2.26. The first kappa shape index (κ1) is 20.5. The molecule has 2 aromatic carbocycles. The van der Waals surface area contributed by atoms with Gasteiger partial charge in [-0.25, -0.2) is 9.18 Å². The molecule has 8 nitrogen and oxygen atoms in total. The van der Waals surface area contributed by atoms with Gasteiger partial charge in [-0.15, -0.1) is 0 Å². The van der Waals surface area contributed by atoms with Crippen LogP contribution in [-0.2, 0) is 17.4 Å². The Bertz CT molecular complexity index is 1200. The first-order valence-corrected chi connectivity index (χ1v) is 9.64. The Balaban J connectivity index is 1.70. The van der Waals surface area contributed by atoms with Crippen LogP contribution in [-0.4, -0.2) is 34.2 Å². The second-order valence-corrected chi connectivity index (χ2v) is 7.42. The number of halogens is 2. The minimum atomic E-state index is -1.56. The van der Waals surface area contributed by atoms with Crippen LogP contribution in [0.2, 0.25) is 5.02 Å². The highest BCUT2D eigenvalue weighted by Gasteiger charge is 2.50. The Morgan fingerprint density at radius 3 is 2.58 bits per heavy atom. The van der Waals surface area contributed by atoms with Gasteiger partial charge in [0.15, 0.2) is 5.54 Å². The van der Waals surface area contributed by atoms with Gasteiger partial charge in [-0.1, -0.05) is 41.9 Å². The summed E-state index contributed by atoms with van der Waals surface area (Å²) in [5, 5.41) is 11.4. The van der Waals surface area contributed by atoms with E-state index in [1.165, 1.54) is 16.9 Å². The fraction of sp³-hybridized carbons (Fsp3) is 0.143. The zero-order valence-corrected chi connectivity index (χ0v) is 17.0. The van der Waals surface area contributed by atoms with Crippen molar-refractivity contribution >= 4 is 29.4 Å². The molecule has 0 saturated carbocycles. The summed E-state index contributed by atoms with van der Waals surface area (Å²) < 4.78 is 15.5. The minimum absolute atomic E-state index is 0.0548. The highest BCUT2D eigenvalue weighted by molar-refractivity contribution is 6.34. The van der Waals surface area contributed by atoms with Gasteiger partial charge in [-0.2, -0.15) is 5.10 Å². The molecule has 0 aliphatic carbocycles. The van der Waals surface area contributed by atoms with Crippen LogP contribution in [0.15, 0.2) is 54.7 Å². The Kier molecular flexibility index (Phi) is 5.20. The molecule has 31 heavy (non-hydrogen) atoms. The number of aromatic nitrogens is 2. The van der Waals surface area contributed by atoms with Crippen LogP contribution >= 0.6 is 11.6 Å². The van der Waals surface area contributed by atoms with E-state index in [1.54, 1.807) is 43.4 Å². The maximum Gasteiger partial charge on any atom is 0.322 e. The van der Waals surface area contributed by atoms with Gasteiger partial charge in [-0.3, -0.25) is 19.6 Å². The smallest absolute Gasteiger partial charge is 0.322 e. The van der Waals surface area contributed by atoms with Gasteiger partial charge in [0, 0.05) is 13.2 Å². The van der Waals surface area contributed by atoms with E-state index in [2.05, 4.69) is 21.0 Å². The lowest BCUT2D eigenvalue weighted by molar-refractivity contribution is -0.124. The van der Waals surface area contributed by atoms with Crippen molar-refractivity contribution in [3.63, 3.8) is 0 Å². The number of amides is 4. The molecular formula is C21H17ClFN5O3. The number of carbonyl (C=O) groups is 3. The SMILES string of the molecule is Cn1nccc1C1(CNC(=O)c2c(Cl)cc(F)cc2-c2ccccc2)NC(=O)NC1=O. The summed E-state index contributed by atoms with van der Waals surface area (Å²) in [6.45, 7) is -0.273. The Hall–Kier alpha value is -3.72. The fourth-order valence-electron chi connectivity index (χ4n) is 3.63. The number of hydrogen-bond acceptors (Lipinski definition) is 4. The second kappa shape index (κ2) is 7.84. The van der Waals surface area contributed by atoms with Gasteiger partial charge in [0.1, 0.15) is 5.82 Å². The van der Waals surface area contributed by atoms with E-state index >= 15 is 0 Å². The van der Waals surface area contributed by atoms with Crippen molar-refractivity contribution in [2.45, 2.75) is 5.54 Å². The number of rotatable bonds is 5. The number of aryl methyl sites for hydroxylation is 1. The van der Waals surface area contributed by atoms with Crippen molar-refractivity contribution in [1.82, 2.24) is 25.7 Å². The Morgan fingerprint density at radius 1 is 1.23 bits per heavy atom. The van der Waals surface area contributed by atoms with Crippen molar-refractivity contribution in [3.05, 3.63) is 76.8 Å². The summed E-state index contributed by atoms with van der Waals surface area (Å²) in [4.78, 5) is 37.6. The summed E-state index contributed by atoms with van der Waals surface area (Å²) in [5.41, 5.74) is -0.221. The third-order valence-electron chi connectivity index (χ3n) is 5.08.